The third-order valence-electron chi connectivity index (χ3n) is 5.28. The average Bonchev–Trinajstić information content (AvgIpc) is 2.97. The first-order valence-corrected chi connectivity index (χ1v) is 9.01. The van der Waals surface area contributed by atoms with E-state index in [1.165, 1.54) is 0 Å². The number of aromatic nitrogens is 2. The van der Waals surface area contributed by atoms with Crippen molar-refractivity contribution >= 4 is 11.1 Å². The molecule has 0 unspecified atom stereocenters. The lowest BCUT2D eigenvalue weighted by molar-refractivity contribution is -0.0298. The predicted octanol–water partition coefficient (Wildman–Crippen LogP) is 2.28. The van der Waals surface area contributed by atoms with Gasteiger partial charge in [-0.15, -0.1) is 0 Å². The predicted molar refractivity (Wildman–Crippen MR) is 99.0 cm³/mol. The molecular formula is C20H23N3O3. The first-order valence-electron chi connectivity index (χ1n) is 9.01. The Morgan fingerprint density at radius 3 is 2.65 bits per heavy atom. The molecule has 26 heavy (non-hydrogen) atoms. The Kier molecular flexibility index (Phi) is 4.38. The van der Waals surface area contributed by atoms with Crippen LogP contribution in [0.3, 0.4) is 0 Å². The minimum absolute atomic E-state index is 0.316. The second-order valence-corrected chi connectivity index (χ2v) is 7.08. The standard InChI is InChI=1S/C20H23N3O3/c1-15-6-7-18(21-14-15)20(25)8-10-22(11-9-20)12-13-23-16-4-2-3-5-17(16)26-19(23)24/h2-7,14,25H,8-13H2,1H3. The quantitative estimate of drug-likeness (QED) is 0.779. The van der Waals surface area contributed by atoms with Crippen LogP contribution < -0.4 is 5.76 Å². The molecule has 3 aromatic rings. The summed E-state index contributed by atoms with van der Waals surface area (Å²) in [5.74, 6) is -0.316. The number of hydrogen-bond acceptors (Lipinski definition) is 5. The number of aliphatic hydroxyl groups is 1. The zero-order valence-electron chi connectivity index (χ0n) is 14.9. The van der Waals surface area contributed by atoms with E-state index in [2.05, 4.69) is 9.88 Å². The molecule has 1 aliphatic rings. The average molecular weight is 353 g/mol. The van der Waals surface area contributed by atoms with E-state index in [0.29, 0.717) is 25.0 Å². The molecular weight excluding hydrogens is 330 g/mol. The zero-order chi connectivity index (χ0) is 18.1. The van der Waals surface area contributed by atoms with Crippen LogP contribution in [-0.4, -0.2) is 39.2 Å². The van der Waals surface area contributed by atoms with E-state index in [4.69, 9.17) is 4.42 Å². The van der Waals surface area contributed by atoms with Gasteiger partial charge in [-0.2, -0.15) is 0 Å². The van der Waals surface area contributed by atoms with Gasteiger partial charge in [0.1, 0.15) is 5.60 Å². The maximum atomic E-state index is 12.1. The van der Waals surface area contributed by atoms with Crippen LogP contribution in [0.1, 0.15) is 24.1 Å². The molecule has 1 fully saturated rings. The number of nitrogens with zero attached hydrogens (tertiary/aromatic N) is 3. The van der Waals surface area contributed by atoms with Crippen molar-refractivity contribution in [3.05, 3.63) is 64.4 Å². The summed E-state index contributed by atoms with van der Waals surface area (Å²) in [4.78, 5) is 18.7. The second kappa shape index (κ2) is 6.70. The van der Waals surface area contributed by atoms with Gasteiger partial charge < -0.3 is 14.4 Å². The fourth-order valence-corrected chi connectivity index (χ4v) is 3.61. The Morgan fingerprint density at radius 2 is 1.92 bits per heavy atom. The first-order chi connectivity index (χ1) is 12.5. The number of likely N-dealkylation sites (tertiary alicyclic amines) is 1. The molecule has 0 spiro atoms. The molecule has 1 N–H and O–H groups in total. The Morgan fingerprint density at radius 1 is 1.15 bits per heavy atom. The zero-order valence-corrected chi connectivity index (χ0v) is 14.9. The van der Waals surface area contributed by atoms with Crippen LogP contribution in [0.5, 0.6) is 0 Å². The number of piperidine rings is 1. The third kappa shape index (κ3) is 3.18. The Labute approximate surface area is 151 Å². The summed E-state index contributed by atoms with van der Waals surface area (Å²) in [5, 5.41) is 10.9. The minimum Gasteiger partial charge on any atom is -0.408 e. The van der Waals surface area contributed by atoms with Gasteiger partial charge in [-0.05, 0) is 43.5 Å². The molecule has 1 aliphatic heterocycles. The number of para-hydroxylation sites is 2. The summed E-state index contributed by atoms with van der Waals surface area (Å²) in [5.41, 5.74) is 2.43. The monoisotopic (exact) mass is 353 g/mol. The number of benzene rings is 1. The van der Waals surface area contributed by atoms with Crippen LogP contribution in [0.15, 0.2) is 51.8 Å². The van der Waals surface area contributed by atoms with Crippen molar-refractivity contribution < 1.29 is 9.52 Å². The van der Waals surface area contributed by atoms with Gasteiger partial charge in [0.2, 0.25) is 0 Å². The summed E-state index contributed by atoms with van der Waals surface area (Å²) in [6, 6.07) is 11.4. The van der Waals surface area contributed by atoms with Crippen molar-refractivity contribution in [2.75, 3.05) is 19.6 Å². The van der Waals surface area contributed by atoms with Crippen LogP contribution >= 0.6 is 0 Å². The van der Waals surface area contributed by atoms with E-state index in [9.17, 15) is 9.90 Å². The fourth-order valence-electron chi connectivity index (χ4n) is 3.61. The lowest BCUT2D eigenvalue weighted by atomic mass is 9.87. The molecule has 6 nitrogen and oxygen atoms in total. The molecule has 2 aromatic heterocycles. The Hall–Kier alpha value is -2.44. The number of pyridine rings is 1. The van der Waals surface area contributed by atoms with Crippen molar-refractivity contribution in [2.24, 2.45) is 0 Å². The summed E-state index contributed by atoms with van der Waals surface area (Å²) in [6.07, 6.45) is 3.09. The lowest BCUT2D eigenvalue weighted by Crippen LogP contribution is -2.44. The van der Waals surface area contributed by atoms with Gasteiger partial charge in [0.05, 0.1) is 11.2 Å². The number of rotatable bonds is 4. The molecule has 0 saturated carbocycles. The molecule has 136 valence electrons. The van der Waals surface area contributed by atoms with Crippen molar-refractivity contribution in [1.29, 1.82) is 0 Å². The molecule has 0 bridgehead atoms. The Bertz CT molecular complexity index is 950. The van der Waals surface area contributed by atoms with E-state index in [-0.39, 0.29) is 5.76 Å². The number of oxazole rings is 1. The molecule has 3 heterocycles. The van der Waals surface area contributed by atoms with Crippen LogP contribution in [0, 0.1) is 6.92 Å². The number of fused-ring (bicyclic) bond motifs is 1. The van der Waals surface area contributed by atoms with Crippen LogP contribution in [0.2, 0.25) is 0 Å². The highest BCUT2D eigenvalue weighted by Gasteiger charge is 2.35. The molecule has 1 aromatic carbocycles. The maximum absolute atomic E-state index is 12.1. The highest BCUT2D eigenvalue weighted by molar-refractivity contribution is 5.72. The molecule has 0 radical (unpaired) electrons. The van der Waals surface area contributed by atoms with Gasteiger partial charge >= 0.3 is 5.76 Å². The van der Waals surface area contributed by atoms with Gasteiger partial charge in [-0.1, -0.05) is 18.2 Å². The molecule has 0 aliphatic carbocycles. The summed E-state index contributed by atoms with van der Waals surface area (Å²) in [7, 11) is 0. The first kappa shape index (κ1) is 17.0. The van der Waals surface area contributed by atoms with Crippen molar-refractivity contribution in [2.45, 2.75) is 31.9 Å². The van der Waals surface area contributed by atoms with E-state index < -0.39 is 5.60 Å². The molecule has 0 amide bonds. The third-order valence-corrected chi connectivity index (χ3v) is 5.28. The summed E-state index contributed by atoms with van der Waals surface area (Å²) >= 11 is 0. The van der Waals surface area contributed by atoms with Crippen molar-refractivity contribution in [3.8, 4) is 0 Å². The van der Waals surface area contributed by atoms with E-state index in [1.807, 2.05) is 43.3 Å². The van der Waals surface area contributed by atoms with Crippen LogP contribution in [-0.2, 0) is 12.1 Å². The smallest absolute Gasteiger partial charge is 0.408 e. The summed E-state index contributed by atoms with van der Waals surface area (Å²) < 4.78 is 6.96. The van der Waals surface area contributed by atoms with Crippen LogP contribution in [0.25, 0.3) is 11.1 Å². The molecule has 1 saturated heterocycles. The van der Waals surface area contributed by atoms with Gasteiger partial charge in [-0.25, -0.2) is 4.79 Å². The topological polar surface area (TPSA) is 71.5 Å². The molecule has 6 heteroatoms. The fraction of sp³-hybridized carbons (Fsp3) is 0.400. The highest BCUT2D eigenvalue weighted by Crippen LogP contribution is 2.31. The normalized spacial score (nSPS) is 17.6. The van der Waals surface area contributed by atoms with Crippen molar-refractivity contribution in [1.82, 2.24) is 14.5 Å². The highest BCUT2D eigenvalue weighted by atomic mass is 16.4. The lowest BCUT2D eigenvalue weighted by Gasteiger charge is -2.37. The van der Waals surface area contributed by atoms with Gasteiger partial charge in [-0.3, -0.25) is 9.55 Å². The largest absolute Gasteiger partial charge is 0.419 e. The second-order valence-electron chi connectivity index (χ2n) is 7.08. The number of hydrogen-bond donors (Lipinski definition) is 1. The summed E-state index contributed by atoms with van der Waals surface area (Å²) in [6.45, 7) is 4.87. The SMILES string of the molecule is Cc1ccc(C2(O)CCN(CCn3c(=O)oc4ccccc43)CC2)nc1. The van der Waals surface area contributed by atoms with E-state index in [1.54, 1.807) is 10.8 Å². The van der Waals surface area contributed by atoms with Crippen LogP contribution in [0.4, 0.5) is 0 Å². The minimum atomic E-state index is -0.858. The maximum Gasteiger partial charge on any atom is 0.419 e. The van der Waals surface area contributed by atoms with Crippen molar-refractivity contribution in [3.63, 3.8) is 0 Å². The molecule has 4 rings (SSSR count). The van der Waals surface area contributed by atoms with E-state index >= 15 is 0 Å². The van der Waals surface area contributed by atoms with Gasteiger partial charge in [0.25, 0.3) is 0 Å². The van der Waals surface area contributed by atoms with Gasteiger partial charge in [0, 0.05) is 32.4 Å². The molecule has 0 atom stereocenters. The van der Waals surface area contributed by atoms with E-state index in [0.717, 1.165) is 36.4 Å². The van der Waals surface area contributed by atoms with Gasteiger partial charge in [0.15, 0.2) is 5.58 Å². The Balaban J connectivity index is 1.40. The number of aryl methyl sites for hydroxylation is 1.